The van der Waals surface area contributed by atoms with E-state index in [0.717, 1.165) is 5.57 Å². The highest BCUT2D eigenvalue weighted by Gasteiger charge is 2.16. The zero-order valence-corrected chi connectivity index (χ0v) is 14.9. The minimum atomic E-state index is -0.811. The zero-order valence-electron chi connectivity index (χ0n) is 14.9. The van der Waals surface area contributed by atoms with E-state index in [9.17, 15) is 14.7 Å². The molecule has 0 aliphatic heterocycles. The molecule has 138 valence electrons. The molecule has 0 saturated heterocycles. The van der Waals surface area contributed by atoms with Crippen molar-refractivity contribution in [2.45, 2.75) is 13.8 Å². The van der Waals surface area contributed by atoms with Gasteiger partial charge in [0, 0.05) is 6.07 Å². The van der Waals surface area contributed by atoms with Crippen molar-refractivity contribution in [1.82, 2.24) is 0 Å². The Morgan fingerprint density at radius 2 is 1.89 bits per heavy atom. The Morgan fingerprint density at radius 3 is 2.59 bits per heavy atom. The molecule has 0 aliphatic rings. The molecule has 0 bridgehead atoms. The molecule has 27 heavy (non-hydrogen) atoms. The Bertz CT molecular complexity index is 1060. The Morgan fingerprint density at radius 1 is 1.15 bits per heavy atom. The third kappa shape index (κ3) is 4.17. The molecule has 0 atom stereocenters. The lowest BCUT2D eigenvalue weighted by Gasteiger charge is -2.09. The number of rotatable bonds is 5. The molecule has 6 heteroatoms. The Balaban J connectivity index is 1.89. The van der Waals surface area contributed by atoms with Gasteiger partial charge in [-0.1, -0.05) is 23.8 Å². The van der Waals surface area contributed by atoms with E-state index < -0.39 is 11.6 Å². The zero-order chi connectivity index (χ0) is 19.4. The van der Waals surface area contributed by atoms with E-state index in [4.69, 9.17) is 13.9 Å². The maximum atomic E-state index is 12.1. The Labute approximate surface area is 155 Å². The number of fused-ring (bicyclic) bond motifs is 1. The molecular weight excluding hydrogens is 348 g/mol. The van der Waals surface area contributed by atoms with E-state index in [1.165, 1.54) is 18.2 Å². The minimum Gasteiger partial charge on any atom is -0.504 e. The van der Waals surface area contributed by atoms with Crippen LogP contribution in [0.15, 0.2) is 69.4 Å². The van der Waals surface area contributed by atoms with E-state index in [-0.39, 0.29) is 34.8 Å². The van der Waals surface area contributed by atoms with Gasteiger partial charge in [-0.05, 0) is 44.2 Å². The summed E-state index contributed by atoms with van der Waals surface area (Å²) < 4.78 is 15.8. The molecule has 0 radical (unpaired) electrons. The highest BCUT2D eigenvalue weighted by Crippen LogP contribution is 2.33. The van der Waals surface area contributed by atoms with Crippen LogP contribution in [0.5, 0.6) is 17.2 Å². The van der Waals surface area contributed by atoms with Gasteiger partial charge in [0.15, 0.2) is 5.75 Å². The number of allylic oxidation sites excluding steroid dienone is 1. The SMILES string of the molecule is CC(C)=CCOc1c(O)c2ccc(OC(=O)c3ccccc3)cc2oc1=O. The summed E-state index contributed by atoms with van der Waals surface area (Å²) in [5.41, 5.74) is 0.688. The first-order valence-corrected chi connectivity index (χ1v) is 8.29. The van der Waals surface area contributed by atoms with Crippen LogP contribution in [0.4, 0.5) is 0 Å². The number of carbonyl (C=O) groups excluding carboxylic acids is 1. The van der Waals surface area contributed by atoms with Crippen molar-refractivity contribution >= 4 is 16.9 Å². The molecule has 2 aromatic carbocycles. The maximum absolute atomic E-state index is 12.1. The fourth-order valence-electron chi connectivity index (χ4n) is 2.37. The van der Waals surface area contributed by atoms with Crippen LogP contribution in [-0.2, 0) is 0 Å². The standard InChI is InChI=1S/C21H18O6/c1-13(2)10-11-25-19-18(22)16-9-8-15(12-17(16)27-21(19)24)26-20(23)14-6-4-3-5-7-14/h3-10,12,22H,11H2,1-2H3. The van der Waals surface area contributed by atoms with Gasteiger partial charge in [0.25, 0.3) is 0 Å². The van der Waals surface area contributed by atoms with Gasteiger partial charge in [-0.2, -0.15) is 0 Å². The van der Waals surface area contributed by atoms with Crippen LogP contribution >= 0.6 is 0 Å². The van der Waals surface area contributed by atoms with Gasteiger partial charge in [0.1, 0.15) is 17.9 Å². The topological polar surface area (TPSA) is 86.0 Å². The first-order valence-electron chi connectivity index (χ1n) is 8.29. The molecule has 0 saturated carbocycles. The van der Waals surface area contributed by atoms with Crippen LogP contribution in [0, 0.1) is 0 Å². The molecule has 3 rings (SSSR count). The summed E-state index contributed by atoms with van der Waals surface area (Å²) in [7, 11) is 0. The quantitative estimate of drug-likeness (QED) is 0.317. The molecular formula is C21H18O6. The normalized spacial score (nSPS) is 10.4. The van der Waals surface area contributed by atoms with E-state index >= 15 is 0 Å². The summed E-state index contributed by atoms with van der Waals surface area (Å²) in [5, 5.41) is 10.6. The van der Waals surface area contributed by atoms with Crippen molar-refractivity contribution in [2.75, 3.05) is 6.61 Å². The summed E-state index contributed by atoms with van der Waals surface area (Å²) in [5.74, 6) is -0.918. The lowest BCUT2D eigenvalue weighted by atomic mass is 10.2. The monoisotopic (exact) mass is 366 g/mol. The summed E-state index contributed by atoms with van der Waals surface area (Å²) in [6.07, 6.45) is 1.77. The number of ether oxygens (including phenoxy) is 2. The summed E-state index contributed by atoms with van der Waals surface area (Å²) in [6, 6.07) is 12.9. The van der Waals surface area contributed by atoms with Gasteiger partial charge >= 0.3 is 11.6 Å². The number of benzene rings is 2. The predicted octanol–water partition coefficient (Wildman–Crippen LogP) is 4.06. The third-order valence-corrected chi connectivity index (χ3v) is 3.75. The molecule has 0 aliphatic carbocycles. The minimum absolute atomic E-state index is 0.0884. The van der Waals surface area contributed by atoms with Crippen molar-refractivity contribution in [3.63, 3.8) is 0 Å². The van der Waals surface area contributed by atoms with Gasteiger partial charge in [0.2, 0.25) is 5.75 Å². The Kier molecular flexibility index (Phi) is 5.26. The fourth-order valence-corrected chi connectivity index (χ4v) is 2.37. The lowest BCUT2D eigenvalue weighted by molar-refractivity contribution is 0.0735. The first-order chi connectivity index (χ1) is 13.0. The van der Waals surface area contributed by atoms with Crippen LogP contribution < -0.4 is 15.1 Å². The van der Waals surface area contributed by atoms with Crippen LogP contribution in [-0.4, -0.2) is 17.7 Å². The number of aromatic hydroxyl groups is 1. The van der Waals surface area contributed by atoms with Gasteiger partial charge in [-0.15, -0.1) is 0 Å². The molecule has 0 spiro atoms. The van der Waals surface area contributed by atoms with Gasteiger partial charge in [-0.25, -0.2) is 9.59 Å². The van der Waals surface area contributed by atoms with E-state index in [1.807, 2.05) is 13.8 Å². The predicted molar refractivity (Wildman–Crippen MR) is 100 cm³/mol. The van der Waals surface area contributed by atoms with Crippen LogP contribution in [0.3, 0.4) is 0 Å². The second-order valence-electron chi connectivity index (χ2n) is 6.07. The average molecular weight is 366 g/mol. The smallest absolute Gasteiger partial charge is 0.383 e. The summed E-state index contributed by atoms with van der Waals surface area (Å²) in [4.78, 5) is 24.2. The molecule has 0 fully saturated rings. The molecule has 1 heterocycles. The van der Waals surface area contributed by atoms with Crippen LogP contribution in [0.25, 0.3) is 11.0 Å². The largest absolute Gasteiger partial charge is 0.504 e. The molecule has 0 unspecified atom stereocenters. The lowest BCUT2D eigenvalue weighted by Crippen LogP contribution is -2.09. The van der Waals surface area contributed by atoms with Gasteiger partial charge in [-0.3, -0.25) is 0 Å². The summed E-state index contributed by atoms with van der Waals surface area (Å²) >= 11 is 0. The number of esters is 1. The number of carbonyl (C=O) groups is 1. The van der Waals surface area contributed by atoms with Crippen molar-refractivity contribution < 1.29 is 23.8 Å². The van der Waals surface area contributed by atoms with E-state index in [0.29, 0.717) is 5.56 Å². The van der Waals surface area contributed by atoms with Gasteiger partial charge in [0.05, 0.1) is 10.9 Å². The first kappa shape index (κ1) is 18.3. The van der Waals surface area contributed by atoms with Gasteiger partial charge < -0.3 is 19.0 Å². The highest BCUT2D eigenvalue weighted by molar-refractivity contribution is 5.92. The molecule has 1 N–H and O–H groups in total. The van der Waals surface area contributed by atoms with Crippen molar-refractivity contribution in [2.24, 2.45) is 0 Å². The molecule has 3 aromatic rings. The Hall–Kier alpha value is -3.54. The number of hydrogen-bond acceptors (Lipinski definition) is 6. The maximum Gasteiger partial charge on any atom is 0.383 e. The van der Waals surface area contributed by atoms with Crippen molar-refractivity contribution in [1.29, 1.82) is 0 Å². The van der Waals surface area contributed by atoms with E-state index in [1.54, 1.807) is 36.4 Å². The van der Waals surface area contributed by atoms with Crippen LogP contribution in [0.1, 0.15) is 24.2 Å². The number of hydrogen-bond donors (Lipinski definition) is 1. The highest BCUT2D eigenvalue weighted by atomic mass is 16.5. The second kappa shape index (κ2) is 7.78. The second-order valence-corrected chi connectivity index (χ2v) is 6.07. The van der Waals surface area contributed by atoms with E-state index in [2.05, 4.69) is 0 Å². The van der Waals surface area contributed by atoms with Crippen molar-refractivity contribution in [3.8, 4) is 17.2 Å². The fraction of sp³-hybridized carbons (Fsp3) is 0.143. The van der Waals surface area contributed by atoms with Crippen molar-refractivity contribution in [3.05, 3.63) is 76.2 Å². The molecule has 6 nitrogen and oxygen atoms in total. The molecule has 1 aromatic heterocycles. The third-order valence-electron chi connectivity index (χ3n) is 3.75. The summed E-state index contributed by atoms with van der Waals surface area (Å²) in [6.45, 7) is 3.92. The average Bonchev–Trinajstić information content (AvgIpc) is 2.64. The van der Waals surface area contributed by atoms with Crippen LogP contribution in [0.2, 0.25) is 0 Å². The molecule has 0 amide bonds.